The Kier molecular flexibility index (Phi) is 4.89. The van der Waals surface area contributed by atoms with Crippen LogP contribution in [-0.4, -0.2) is 16.9 Å². The lowest BCUT2D eigenvalue weighted by Gasteiger charge is -2.17. The highest BCUT2D eigenvalue weighted by Crippen LogP contribution is 2.23. The van der Waals surface area contributed by atoms with Crippen LogP contribution < -0.4 is 16.6 Å². The highest BCUT2D eigenvalue weighted by Gasteiger charge is 2.21. The minimum Gasteiger partial charge on any atom is -0.349 e. The molecule has 0 spiro atoms. The molecule has 1 heterocycles. The fourth-order valence-corrected chi connectivity index (χ4v) is 2.61. The van der Waals surface area contributed by atoms with E-state index in [1.165, 1.54) is 18.7 Å². The summed E-state index contributed by atoms with van der Waals surface area (Å²) in [5.74, 6) is 4.62. The summed E-state index contributed by atoms with van der Waals surface area (Å²) < 4.78 is 14.0. The average Bonchev–Trinajstić information content (AvgIpc) is 2.64. The van der Waals surface area contributed by atoms with E-state index in [0.29, 0.717) is 5.92 Å². The van der Waals surface area contributed by atoms with Crippen LogP contribution >= 0.6 is 0 Å². The molecule has 0 aliphatic heterocycles. The van der Waals surface area contributed by atoms with Gasteiger partial charge in [0.1, 0.15) is 0 Å². The quantitative estimate of drug-likeness (QED) is 0.450. The van der Waals surface area contributed by atoms with E-state index >= 15 is 0 Å². The Labute approximate surface area is 118 Å². The molecule has 2 unspecified atom stereocenters. The van der Waals surface area contributed by atoms with Gasteiger partial charge in [0.2, 0.25) is 0 Å². The van der Waals surface area contributed by atoms with E-state index in [0.717, 1.165) is 25.7 Å². The smallest absolute Gasteiger partial charge is 0.254 e. The van der Waals surface area contributed by atoms with Crippen molar-refractivity contribution in [3.8, 4) is 0 Å². The van der Waals surface area contributed by atoms with Gasteiger partial charge >= 0.3 is 0 Å². The first-order valence-corrected chi connectivity index (χ1v) is 7.03. The van der Waals surface area contributed by atoms with Gasteiger partial charge in [0.15, 0.2) is 11.6 Å². The lowest BCUT2D eigenvalue weighted by molar-refractivity contribution is 0.0929. The van der Waals surface area contributed by atoms with Crippen molar-refractivity contribution in [2.75, 3.05) is 5.43 Å². The number of rotatable bonds is 3. The van der Waals surface area contributed by atoms with Gasteiger partial charge in [0.05, 0.1) is 5.56 Å². The van der Waals surface area contributed by atoms with E-state index in [4.69, 9.17) is 5.84 Å². The summed E-state index contributed by atoms with van der Waals surface area (Å²) in [7, 11) is 0. The molecule has 20 heavy (non-hydrogen) atoms. The first kappa shape index (κ1) is 14.7. The Balaban J connectivity index is 2.04. The number of nitrogens with one attached hydrogen (secondary N) is 2. The van der Waals surface area contributed by atoms with Crippen molar-refractivity contribution in [3.05, 3.63) is 23.6 Å². The molecule has 1 aromatic heterocycles. The highest BCUT2D eigenvalue weighted by molar-refractivity contribution is 5.95. The number of carbonyl (C=O) groups excluding carboxylic acids is 1. The Morgan fingerprint density at radius 2 is 2.20 bits per heavy atom. The number of carbonyl (C=O) groups is 1. The first-order chi connectivity index (χ1) is 9.61. The summed E-state index contributed by atoms with van der Waals surface area (Å²) in [6, 6.07) is 1.49. The van der Waals surface area contributed by atoms with Gasteiger partial charge in [-0.05, 0) is 31.2 Å². The zero-order chi connectivity index (χ0) is 14.5. The molecular formula is C14H21FN4O. The van der Waals surface area contributed by atoms with Crippen LogP contribution in [0, 0.1) is 11.7 Å². The van der Waals surface area contributed by atoms with Gasteiger partial charge in [-0.25, -0.2) is 15.2 Å². The van der Waals surface area contributed by atoms with Gasteiger partial charge in [0, 0.05) is 12.2 Å². The van der Waals surface area contributed by atoms with E-state index in [2.05, 4.69) is 22.7 Å². The van der Waals surface area contributed by atoms with Crippen LogP contribution in [0.2, 0.25) is 0 Å². The fourth-order valence-electron chi connectivity index (χ4n) is 2.61. The monoisotopic (exact) mass is 280 g/mol. The minimum atomic E-state index is -0.713. The van der Waals surface area contributed by atoms with E-state index < -0.39 is 11.7 Å². The van der Waals surface area contributed by atoms with Crippen molar-refractivity contribution in [3.63, 3.8) is 0 Å². The number of pyridine rings is 1. The molecule has 1 aromatic rings. The maximum Gasteiger partial charge on any atom is 0.254 e. The molecule has 2 atom stereocenters. The predicted octanol–water partition coefficient (Wildman–Crippen LogP) is 2.20. The molecule has 0 bridgehead atoms. The molecule has 0 aromatic carbocycles. The molecule has 5 nitrogen and oxygen atoms in total. The summed E-state index contributed by atoms with van der Waals surface area (Å²) in [5.41, 5.74) is 2.12. The molecule has 0 radical (unpaired) electrons. The molecule has 1 amide bonds. The largest absolute Gasteiger partial charge is 0.349 e. The van der Waals surface area contributed by atoms with Crippen molar-refractivity contribution < 1.29 is 9.18 Å². The standard InChI is InChI=1S/C14H21FN4O/c1-9-3-2-4-10(6-5-9)18-14(20)11-7-8-17-13(19-16)12(11)15/h7-10H,2-6,16H2,1H3,(H,17,19)(H,18,20). The van der Waals surface area contributed by atoms with E-state index in [1.807, 2.05) is 0 Å². The second-order valence-corrected chi connectivity index (χ2v) is 5.45. The fraction of sp³-hybridized carbons (Fsp3) is 0.571. The minimum absolute atomic E-state index is 0.0229. The van der Waals surface area contributed by atoms with Crippen molar-refractivity contribution >= 4 is 11.7 Å². The van der Waals surface area contributed by atoms with Crippen LogP contribution in [0.5, 0.6) is 0 Å². The van der Waals surface area contributed by atoms with E-state index in [1.54, 1.807) is 0 Å². The number of nitrogen functional groups attached to an aromatic ring is 1. The number of hydrogen-bond donors (Lipinski definition) is 3. The molecule has 4 N–H and O–H groups in total. The Morgan fingerprint density at radius 1 is 1.40 bits per heavy atom. The number of halogens is 1. The third-order valence-corrected chi connectivity index (χ3v) is 3.86. The molecule has 6 heteroatoms. The third kappa shape index (κ3) is 3.45. The number of nitrogens with zero attached hydrogens (tertiary/aromatic N) is 1. The van der Waals surface area contributed by atoms with Gasteiger partial charge < -0.3 is 10.7 Å². The SMILES string of the molecule is CC1CCCC(NC(=O)c2ccnc(NN)c2F)CC1. The van der Waals surface area contributed by atoms with Gasteiger partial charge in [-0.3, -0.25) is 4.79 Å². The second kappa shape index (κ2) is 6.65. The Bertz CT molecular complexity index is 480. The summed E-state index contributed by atoms with van der Waals surface area (Å²) in [6.45, 7) is 2.23. The number of aromatic nitrogens is 1. The molecule has 1 aliphatic rings. The van der Waals surface area contributed by atoms with Gasteiger partial charge in [-0.15, -0.1) is 0 Å². The first-order valence-electron chi connectivity index (χ1n) is 7.03. The normalized spacial score (nSPS) is 22.9. The lowest BCUT2D eigenvalue weighted by Crippen LogP contribution is -2.35. The number of hydrogen-bond acceptors (Lipinski definition) is 4. The van der Waals surface area contributed by atoms with Crippen molar-refractivity contribution in [1.82, 2.24) is 10.3 Å². The molecule has 1 saturated carbocycles. The molecule has 2 rings (SSSR count). The number of hydrazine groups is 1. The van der Waals surface area contributed by atoms with Crippen molar-refractivity contribution in [2.24, 2.45) is 11.8 Å². The number of amides is 1. The molecule has 1 aliphatic carbocycles. The summed E-state index contributed by atoms with van der Waals surface area (Å²) in [4.78, 5) is 15.9. The van der Waals surface area contributed by atoms with Crippen LogP contribution in [0.4, 0.5) is 10.2 Å². The zero-order valence-electron chi connectivity index (χ0n) is 11.7. The van der Waals surface area contributed by atoms with Crippen LogP contribution in [0.15, 0.2) is 12.3 Å². The number of anilines is 1. The van der Waals surface area contributed by atoms with Crippen LogP contribution in [0.25, 0.3) is 0 Å². The summed E-state index contributed by atoms with van der Waals surface area (Å²) >= 11 is 0. The van der Waals surface area contributed by atoms with Crippen LogP contribution in [0.3, 0.4) is 0 Å². The van der Waals surface area contributed by atoms with Crippen LogP contribution in [-0.2, 0) is 0 Å². The van der Waals surface area contributed by atoms with Crippen molar-refractivity contribution in [1.29, 1.82) is 0 Å². The van der Waals surface area contributed by atoms with Gasteiger partial charge in [0.25, 0.3) is 5.91 Å². The molecular weight excluding hydrogens is 259 g/mol. The Hall–Kier alpha value is -1.69. The number of nitrogens with two attached hydrogens (primary N) is 1. The lowest BCUT2D eigenvalue weighted by atomic mass is 10.0. The van der Waals surface area contributed by atoms with Gasteiger partial charge in [-0.1, -0.05) is 19.8 Å². The summed E-state index contributed by atoms with van der Waals surface area (Å²) in [5, 5.41) is 2.91. The average molecular weight is 280 g/mol. The highest BCUT2D eigenvalue weighted by atomic mass is 19.1. The molecule has 110 valence electrons. The van der Waals surface area contributed by atoms with E-state index in [9.17, 15) is 9.18 Å². The second-order valence-electron chi connectivity index (χ2n) is 5.45. The van der Waals surface area contributed by atoms with Crippen LogP contribution in [0.1, 0.15) is 49.4 Å². The zero-order valence-corrected chi connectivity index (χ0v) is 11.7. The third-order valence-electron chi connectivity index (χ3n) is 3.86. The molecule has 1 fully saturated rings. The predicted molar refractivity (Wildman–Crippen MR) is 75.5 cm³/mol. The summed E-state index contributed by atoms with van der Waals surface area (Å²) in [6.07, 6.45) is 6.64. The van der Waals surface area contributed by atoms with E-state index in [-0.39, 0.29) is 17.4 Å². The maximum absolute atomic E-state index is 14.0. The maximum atomic E-state index is 14.0. The molecule has 0 saturated heterocycles. The topological polar surface area (TPSA) is 80.0 Å². The van der Waals surface area contributed by atoms with Crippen molar-refractivity contribution in [2.45, 2.75) is 45.1 Å². The van der Waals surface area contributed by atoms with Gasteiger partial charge in [-0.2, -0.15) is 0 Å². The Morgan fingerprint density at radius 3 is 2.95 bits per heavy atom.